The van der Waals surface area contributed by atoms with Gasteiger partial charge in [0.15, 0.2) is 0 Å². The second kappa shape index (κ2) is 6.93. The Morgan fingerprint density at radius 2 is 1.76 bits per heavy atom. The van der Waals surface area contributed by atoms with Gasteiger partial charge in [-0.15, -0.1) is 0 Å². The summed E-state index contributed by atoms with van der Waals surface area (Å²) < 4.78 is 0. The molecular weight excluding hydrogens is 258 g/mol. The number of aliphatic hydroxyl groups is 1. The Hall–Kier alpha value is -0.860. The van der Waals surface area contributed by atoms with Crippen LogP contribution in [0.5, 0.6) is 0 Å². The highest BCUT2D eigenvalue weighted by molar-refractivity contribution is 5.32. The van der Waals surface area contributed by atoms with E-state index in [1.54, 1.807) is 0 Å². The second-order valence-electron chi connectivity index (χ2n) is 6.88. The molecule has 118 valence electrons. The molecule has 21 heavy (non-hydrogen) atoms. The van der Waals surface area contributed by atoms with Crippen molar-refractivity contribution in [3.63, 3.8) is 0 Å². The lowest BCUT2D eigenvalue weighted by atomic mass is 9.74. The summed E-state index contributed by atoms with van der Waals surface area (Å²) in [6, 6.07) is 6.36. The minimum absolute atomic E-state index is 0.361. The lowest BCUT2D eigenvalue weighted by molar-refractivity contribution is 0.0530. The molecule has 0 radical (unpaired) electrons. The summed E-state index contributed by atoms with van der Waals surface area (Å²) in [7, 11) is 0. The number of aryl methyl sites for hydroxylation is 2. The summed E-state index contributed by atoms with van der Waals surface area (Å²) in [5.41, 5.74) is 4.07. The largest absolute Gasteiger partial charge is 0.387 e. The number of hydrogen-bond donors (Lipinski definition) is 1. The van der Waals surface area contributed by atoms with E-state index >= 15 is 0 Å². The maximum Gasteiger partial charge on any atom is 0.0919 e. The van der Waals surface area contributed by atoms with Gasteiger partial charge in [-0.1, -0.05) is 50.5 Å². The Balaban J connectivity index is 1.95. The van der Waals surface area contributed by atoms with Gasteiger partial charge in [-0.05, 0) is 56.3 Å². The van der Waals surface area contributed by atoms with E-state index in [1.165, 1.54) is 36.8 Å². The maximum absolute atomic E-state index is 10.6. The van der Waals surface area contributed by atoms with Crippen molar-refractivity contribution in [2.45, 2.75) is 59.5 Å². The molecule has 1 unspecified atom stereocenters. The van der Waals surface area contributed by atoms with Gasteiger partial charge in [0, 0.05) is 6.54 Å². The molecule has 2 heteroatoms. The van der Waals surface area contributed by atoms with Crippen LogP contribution < -0.4 is 0 Å². The van der Waals surface area contributed by atoms with Crippen molar-refractivity contribution in [1.82, 2.24) is 4.90 Å². The molecule has 0 amide bonds. The van der Waals surface area contributed by atoms with Gasteiger partial charge in [0.05, 0.1) is 6.10 Å². The van der Waals surface area contributed by atoms with Gasteiger partial charge in [0.1, 0.15) is 0 Å². The molecule has 1 aromatic rings. The minimum atomic E-state index is -0.361. The molecule has 1 heterocycles. The van der Waals surface area contributed by atoms with Gasteiger partial charge in [-0.3, -0.25) is 0 Å². The van der Waals surface area contributed by atoms with Gasteiger partial charge in [-0.25, -0.2) is 0 Å². The number of benzene rings is 1. The average Bonchev–Trinajstić information content (AvgIpc) is 2.50. The molecule has 0 spiro atoms. The Morgan fingerprint density at radius 1 is 1.14 bits per heavy atom. The van der Waals surface area contributed by atoms with Crippen LogP contribution in [0.15, 0.2) is 18.2 Å². The normalized spacial score (nSPS) is 20.4. The van der Waals surface area contributed by atoms with E-state index in [2.05, 4.69) is 50.8 Å². The summed E-state index contributed by atoms with van der Waals surface area (Å²) in [6.07, 6.45) is 4.77. The zero-order valence-corrected chi connectivity index (χ0v) is 14.2. The first-order valence-electron chi connectivity index (χ1n) is 8.47. The van der Waals surface area contributed by atoms with Crippen LogP contribution in [-0.2, 0) is 0 Å². The molecule has 1 aliphatic heterocycles. The number of likely N-dealkylation sites (tertiary alicyclic amines) is 1. The maximum atomic E-state index is 10.6. The van der Waals surface area contributed by atoms with E-state index < -0.39 is 0 Å². The van der Waals surface area contributed by atoms with Crippen molar-refractivity contribution in [1.29, 1.82) is 0 Å². The first-order chi connectivity index (χ1) is 9.99. The summed E-state index contributed by atoms with van der Waals surface area (Å²) >= 11 is 0. The Kier molecular flexibility index (Phi) is 5.45. The fraction of sp³-hybridized carbons (Fsp3) is 0.684. The molecule has 1 aromatic carbocycles. The molecule has 0 saturated carbocycles. The van der Waals surface area contributed by atoms with Crippen LogP contribution in [0, 0.1) is 19.3 Å². The SMILES string of the molecule is CCC1(CC)CCN(CC(O)c2cc(C)ccc2C)CC1. The van der Waals surface area contributed by atoms with Crippen LogP contribution in [0.3, 0.4) is 0 Å². The van der Waals surface area contributed by atoms with E-state index in [-0.39, 0.29) is 6.10 Å². The number of hydrogen-bond acceptors (Lipinski definition) is 2. The second-order valence-corrected chi connectivity index (χ2v) is 6.88. The monoisotopic (exact) mass is 289 g/mol. The molecule has 0 bridgehead atoms. The fourth-order valence-electron chi connectivity index (χ4n) is 3.63. The van der Waals surface area contributed by atoms with Gasteiger partial charge >= 0.3 is 0 Å². The number of nitrogens with zero attached hydrogens (tertiary/aromatic N) is 1. The summed E-state index contributed by atoms with van der Waals surface area (Å²) in [4.78, 5) is 2.44. The fourth-order valence-corrected chi connectivity index (χ4v) is 3.63. The quantitative estimate of drug-likeness (QED) is 0.876. The van der Waals surface area contributed by atoms with Crippen molar-refractivity contribution in [3.8, 4) is 0 Å². The van der Waals surface area contributed by atoms with E-state index in [9.17, 15) is 5.11 Å². The molecular formula is C19H31NO. The zero-order chi connectivity index (χ0) is 15.5. The van der Waals surface area contributed by atoms with Crippen molar-refractivity contribution in [2.75, 3.05) is 19.6 Å². The third kappa shape index (κ3) is 3.87. The predicted octanol–water partition coefficient (Wildman–Crippen LogP) is 4.24. The highest BCUT2D eigenvalue weighted by Gasteiger charge is 2.31. The molecule has 0 aliphatic carbocycles. The first-order valence-corrected chi connectivity index (χ1v) is 8.47. The molecule has 1 N–H and O–H groups in total. The molecule has 1 aliphatic rings. The summed E-state index contributed by atoms with van der Waals surface area (Å²) in [5.74, 6) is 0. The van der Waals surface area contributed by atoms with Crippen molar-refractivity contribution in [3.05, 3.63) is 34.9 Å². The van der Waals surface area contributed by atoms with Crippen molar-refractivity contribution >= 4 is 0 Å². The minimum Gasteiger partial charge on any atom is -0.387 e. The predicted molar refractivity (Wildman–Crippen MR) is 89.6 cm³/mol. The smallest absolute Gasteiger partial charge is 0.0919 e. The Labute approximate surface area is 130 Å². The van der Waals surface area contributed by atoms with Gasteiger partial charge in [-0.2, -0.15) is 0 Å². The summed E-state index contributed by atoms with van der Waals surface area (Å²) in [5, 5.41) is 10.6. The van der Waals surface area contributed by atoms with E-state index in [4.69, 9.17) is 0 Å². The van der Waals surface area contributed by atoms with Crippen LogP contribution in [0.25, 0.3) is 0 Å². The van der Waals surface area contributed by atoms with Crippen LogP contribution in [-0.4, -0.2) is 29.6 Å². The number of piperidine rings is 1. The standard InChI is InChI=1S/C19H31NO/c1-5-19(6-2)9-11-20(12-10-19)14-18(21)17-13-15(3)7-8-16(17)4/h7-8,13,18,21H,5-6,9-12,14H2,1-4H3. The average molecular weight is 289 g/mol. The van der Waals surface area contributed by atoms with Crippen molar-refractivity contribution in [2.24, 2.45) is 5.41 Å². The molecule has 1 fully saturated rings. The topological polar surface area (TPSA) is 23.5 Å². The van der Waals surface area contributed by atoms with E-state index in [0.717, 1.165) is 25.2 Å². The first kappa shape index (κ1) is 16.5. The molecule has 0 aromatic heterocycles. The number of rotatable bonds is 5. The van der Waals surface area contributed by atoms with Crippen LogP contribution in [0.4, 0.5) is 0 Å². The molecule has 2 rings (SSSR count). The zero-order valence-electron chi connectivity index (χ0n) is 14.2. The third-order valence-electron chi connectivity index (χ3n) is 5.64. The van der Waals surface area contributed by atoms with Gasteiger partial charge < -0.3 is 10.0 Å². The van der Waals surface area contributed by atoms with Gasteiger partial charge in [0.25, 0.3) is 0 Å². The van der Waals surface area contributed by atoms with Crippen LogP contribution >= 0.6 is 0 Å². The van der Waals surface area contributed by atoms with Gasteiger partial charge in [0.2, 0.25) is 0 Å². The lowest BCUT2D eigenvalue weighted by Crippen LogP contribution is -2.41. The highest BCUT2D eigenvalue weighted by atomic mass is 16.3. The molecule has 1 saturated heterocycles. The third-order valence-corrected chi connectivity index (χ3v) is 5.64. The number of aliphatic hydroxyl groups excluding tert-OH is 1. The van der Waals surface area contributed by atoms with E-state index in [1.807, 2.05) is 0 Å². The summed E-state index contributed by atoms with van der Waals surface area (Å²) in [6.45, 7) is 11.9. The lowest BCUT2D eigenvalue weighted by Gasteiger charge is -2.41. The van der Waals surface area contributed by atoms with Crippen LogP contribution in [0.2, 0.25) is 0 Å². The Morgan fingerprint density at radius 3 is 2.33 bits per heavy atom. The van der Waals surface area contributed by atoms with Crippen LogP contribution in [0.1, 0.15) is 62.3 Å². The Bertz CT molecular complexity index is 455. The molecule has 1 atom stereocenters. The number of β-amino-alcohol motifs (C(OH)–C–C–N with tert-alkyl or cyclic N) is 1. The van der Waals surface area contributed by atoms with E-state index in [0.29, 0.717) is 5.41 Å². The van der Waals surface area contributed by atoms with Crippen molar-refractivity contribution < 1.29 is 5.11 Å². The highest BCUT2D eigenvalue weighted by Crippen LogP contribution is 2.38. The molecule has 2 nitrogen and oxygen atoms in total.